The molecule has 3 heterocycles. The highest BCUT2D eigenvalue weighted by Gasteiger charge is 2.16. The molecule has 0 aliphatic carbocycles. The number of rotatable bonds is 18. The Kier molecular flexibility index (Phi) is 11.4. The van der Waals surface area contributed by atoms with Gasteiger partial charge in [-0.3, -0.25) is 0 Å². The van der Waals surface area contributed by atoms with Crippen LogP contribution in [-0.2, 0) is 39.3 Å². The SMILES string of the molecule is CCCC[n+]1ccn(CC[NH+](CCn2cc[n+](CCCC)c2)CCn2cc[n+](CCCC)c2)c1. The number of imidazole rings is 3. The smallest absolute Gasteiger partial charge is 0.243 e. The van der Waals surface area contributed by atoms with E-state index < -0.39 is 0 Å². The minimum atomic E-state index is 1.07. The van der Waals surface area contributed by atoms with E-state index in [1.165, 1.54) is 38.5 Å². The second-order valence-electron chi connectivity index (χ2n) is 9.73. The molecule has 7 heteroatoms. The van der Waals surface area contributed by atoms with Gasteiger partial charge < -0.3 is 4.90 Å². The predicted molar refractivity (Wildman–Crippen MR) is 134 cm³/mol. The number of nitrogens with one attached hydrogen (secondary N) is 1. The highest BCUT2D eigenvalue weighted by Crippen LogP contribution is 1.91. The van der Waals surface area contributed by atoms with Crippen LogP contribution >= 0.6 is 0 Å². The van der Waals surface area contributed by atoms with Crippen molar-refractivity contribution in [2.75, 3.05) is 19.6 Å². The number of quaternary nitrogens is 1. The number of hydrogen-bond donors (Lipinski definition) is 1. The molecular formula is C27H49N7+4. The Hall–Kier alpha value is -2.41. The lowest BCUT2D eigenvalue weighted by Crippen LogP contribution is -3.13. The number of aromatic nitrogens is 6. The van der Waals surface area contributed by atoms with E-state index >= 15 is 0 Å². The maximum atomic E-state index is 2.36. The number of aryl methyl sites for hydroxylation is 3. The van der Waals surface area contributed by atoms with Crippen LogP contribution in [0.3, 0.4) is 0 Å². The van der Waals surface area contributed by atoms with Crippen LogP contribution in [0.2, 0.25) is 0 Å². The monoisotopic (exact) mass is 471 g/mol. The minimum Gasteiger partial charge on any atom is -0.325 e. The molecule has 0 unspecified atom stereocenters. The number of unbranched alkanes of at least 4 members (excludes halogenated alkanes) is 3. The molecular weight excluding hydrogens is 422 g/mol. The summed E-state index contributed by atoms with van der Waals surface area (Å²) in [4.78, 5) is 1.66. The van der Waals surface area contributed by atoms with E-state index in [9.17, 15) is 0 Å². The van der Waals surface area contributed by atoms with Crippen LogP contribution in [0.5, 0.6) is 0 Å². The first-order valence-electron chi connectivity index (χ1n) is 13.7. The molecule has 7 nitrogen and oxygen atoms in total. The fourth-order valence-corrected chi connectivity index (χ4v) is 4.37. The molecule has 3 rings (SSSR count). The molecule has 3 aromatic rings. The number of hydrogen-bond acceptors (Lipinski definition) is 0. The summed E-state index contributed by atoms with van der Waals surface area (Å²) in [6.07, 6.45) is 27.7. The second kappa shape index (κ2) is 14.8. The van der Waals surface area contributed by atoms with Crippen LogP contribution in [0.4, 0.5) is 0 Å². The minimum absolute atomic E-state index is 1.07. The van der Waals surface area contributed by atoms with Gasteiger partial charge in [-0.25, -0.2) is 27.4 Å². The van der Waals surface area contributed by atoms with Crippen molar-refractivity contribution in [3.63, 3.8) is 0 Å². The first-order chi connectivity index (χ1) is 16.7. The summed E-state index contributed by atoms with van der Waals surface area (Å²) in [5.74, 6) is 0. The van der Waals surface area contributed by atoms with Crippen LogP contribution in [0, 0.1) is 0 Å². The van der Waals surface area contributed by atoms with Gasteiger partial charge in [0.1, 0.15) is 76.4 Å². The molecule has 0 spiro atoms. The zero-order valence-corrected chi connectivity index (χ0v) is 22.0. The lowest BCUT2D eigenvalue weighted by Gasteiger charge is -2.17. The van der Waals surface area contributed by atoms with E-state index in [1.807, 2.05) is 0 Å². The third kappa shape index (κ3) is 9.09. The summed E-state index contributed by atoms with van der Waals surface area (Å²) >= 11 is 0. The average Bonchev–Trinajstić information content (AvgIpc) is 3.61. The van der Waals surface area contributed by atoms with Crippen molar-refractivity contribution in [3.05, 3.63) is 56.2 Å². The van der Waals surface area contributed by atoms with Crippen molar-refractivity contribution in [1.29, 1.82) is 0 Å². The van der Waals surface area contributed by atoms with E-state index in [1.54, 1.807) is 4.90 Å². The molecule has 0 aliphatic rings. The van der Waals surface area contributed by atoms with Gasteiger partial charge >= 0.3 is 0 Å². The van der Waals surface area contributed by atoms with Gasteiger partial charge in [0.05, 0.1) is 19.6 Å². The first kappa shape index (κ1) is 26.2. The zero-order chi connectivity index (χ0) is 24.0. The maximum Gasteiger partial charge on any atom is 0.243 e. The molecule has 0 atom stereocenters. The fraction of sp³-hybridized carbons (Fsp3) is 0.667. The molecule has 0 bridgehead atoms. The highest BCUT2D eigenvalue weighted by molar-refractivity contribution is 4.68. The average molecular weight is 472 g/mol. The Morgan fingerprint density at radius 1 is 0.529 bits per heavy atom. The third-order valence-corrected chi connectivity index (χ3v) is 6.72. The van der Waals surface area contributed by atoms with Crippen molar-refractivity contribution in [1.82, 2.24) is 13.7 Å². The van der Waals surface area contributed by atoms with Crippen LogP contribution < -0.4 is 18.6 Å². The van der Waals surface area contributed by atoms with Crippen molar-refractivity contribution < 1.29 is 18.6 Å². The van der Waals surface area contributed by atoms with Crippen molar-refractivity contribution in [2.24, 2.45) is 0 Å². The lowest BCUT2D eigenvalue weighted by atomic mass is 10.3. The molecule has 0 aliphatic heterocycles. The Bertz CT molecular complexity index is 803. The molecule has 0 amide bonds. The Labute approximate surface area is 206 Å². The van der Waals surface area contributed by atoms with Gasteiger partial charge in [-0.05, 0) is 19.3 Å². The quantitative estimate of drug-likeness (QED) is 0.274. The molecule has 0 saturated carbocycles. The highest BCUT2D eigenvalue weighted by atomic mass is 15.2. The molecule has 34 heavy (non-hydrogen) atoms. The molecule has 0 fully saturated rings. The van der Waals surface area contributed by atoms with Gasteiger partial charge in [0.2, 0.25) is 19.0 Å². The summed E-state index contributed by atoms with van der Waals surface area (Å²) in [6, 6.07) is 0. The Balaban J connectivity index is 1.54. The Morgan fingerprint density at radius 2 is 0.853 bits per heavy atom. The third-order valence-electron chi connectivity index (χ3n) is 6.72. The molecule has 1 N–H and O–H groups in total. The summed E-state index contributed by atoms with van der Waals surface area (Å²) in [7, 11) is 0. The largest absolute Gasteiger partial charge is 0.325 e. The fourth-order valence-electron chi connectivity index (χ4n) is 4.37. The molecule has 0 saturated heterocycles. The lowest BCUT2D eigenvalue weighted by molar-refractivity contribution is -0.902. The van der Waals surface area contributed by atoms with Crippen LogP contribution in [0.1, 0.15) is 59.3 Å². The molecule has 0 radical (unpaired) electrons. The van der Waals surface area contributed by atoms with Gasteiger partial charge in [0.25, 0.3) is 0 Å². The summed E-state index contributed by atoms with van der Waals surface area (Å²) < 4.78 is 14.1. The zero-order valence-electron chi connectivity index (χ0n) is 22.0. The topological polar surface area (TPSA) is 30.9 Å². The van der Waals surface area contributed by atoms with Crippen LogP contribution in [-0.4, -0.2) is 33.3 Å². The van der Waals surface area contributed by atoms with Gasteiger partial charge in [-0.2, -0.15) is 0 Å². The van der Waals surface area contributed by atoms with E-state index in [4.69, 9.17) is 0 Å². The summed E-state index contributed by atoms with van der Waals surface area (Å²) in [5.41, 5.74) is 0. The summed E-state index contributed by atoms with van der Waals surface area (Å²) in [6.45, 7) is 16.8. The first-order valence-corrected chi connectivity index (χ1v) is 13.7. The van der Waals surface area contributed by atoms with Crippen LogP contribution in [0.25, 0.3) is 0 Å². The molecule has 0 aromatic carbocycles. The second-order valence-corrected chi connectivity index (χ2v) is 9.73. The van der Waals surface area contributed by atoms with Crippen LogP contribution in [0.15, 0.2) is 56.2 Å². The predicted octanol–water partition coefficient (Wildman–Crippen LogP) is 1.64. The summed E-state index contributed by atoms with van der Waals surface area (Å²) in [5, 5.41) is 0. The van der Waals surface area contributed by atoms with E-state index in [-0.39, 0.29) is 0 Å². The standard InChI is InChI=1S/C27H48N7/c1-4-7-10-29-19-22-32(25-29)16-13-28(14-17-33-23-20-30(26-33)11-8-5-2)15-18-34-24-21-31(27-34)12-9-6-3/h19-27H,4-18H2,1-3H3/q+3/p+1. The van der Waals surface area contributed by atoms with Gasteiger partial charge in [-0.15, -0.1) is 0 Å². The van der Waals surface area contributed by atoms with Gasteiger partial charge in [0, 0.05) is 0 Å². The normalized spacial score (nSPS) is 11.6. The van der Waals surface area contributed by atoms with E-state index in [2.05, 4.69) is 104 Å². The Morgan fingerprint density at radius 3 is 1.15 bits per heavy atom. The van der Waals surface area contributed by atoms with Gasteiger partial charge in [0.15, 0.2) is 0 Å². The maximum absolute atomic E-state index is 2.36. The van der Waals surface area contributed by atoms with Crippen molar-refractivity contribution in [2.45, 2.75) is 98.6 Å². The van der Waals surface area contributed by atoms with E-state index in [0.29, 0.717) is 0 Å². The van der Waals surface area contributed by atoms with E-state index in [0.717, 1.165) is 58.9 Å². The molecule has 188 valence electrons. The van der Waals surface area contributed by atoms with Crippen molar-refractivity contribution in [3.8, 4) is 0 Å². The molecule has 3 aromatic heterocycles. The van der Waals surface area contributed by atoms with Gasteiger partial charge in [-0.1, -0.05) is 40.0 Å². The number of nitrogens with zero attached hydrogens (tertiary/aromatic N) is 6. The van der Waals surface area contributed by atoms with Crippen molar-refractivity contribution >= 4 is 0 Å².